The van der Waals surface area contributed by atoms with Crippen LogP contribution in [0.5, 0.6) is 0 Å². The molecule has 2 unspecified atom stereocenters. The van der Waals surface area contributed by atoms with Gasteiger partial charge in [-0.1, -0.05) is 6.92 Å². The molecule has 2 atom stereocenters. The van der Waals surface area contributed by atoms with Gasteiger partial charge in [0.2, 0.25) is 0 Å². The van der Waals surface area contributed by atoms with Crippen molar-refractivity contribution in [2.24, 2.45) is 5.73 Å². The lowest BCUT2D eigenvalue weighted by Crippen LogP contribution is -2.25. The van der Waals surface area contributed by atoms with Crippen molar-refractivity contribution in [1.82, 2.24) is 4.98 Å². The Morgan fingerprint density at radius 2 is 2.25 bits per heavy atom. The zero-order valence-corrected chi connectivity index (χ0v) is 11.3. The number of aromatic nitrogens is 1. The Bertz CT molecular complexity index is 658. The van der Waals surface area contributed by atoms with Gasteiger partial charge in [0.25, 0.3) is 5.69 Å². The highest BCUT2D eigenvalue weighted by Crippen LogP contribution is 2.35. The van der Waals surface area contributed by atoms with Crippen molar-refractivity contribution in [3.8, 4) is 0 Å². The first kappa shape index (κ1) is 14.3. The number of non-ortho nitro benzene ring substituents is 1. The summed E-state index contributed by atoms with van der Waals surface area (Å²) in [5, 5.41) is 11.4. The van der Waals surface area contributed by atoms with Crippen LogP contribution in [0.3, 0.4) is 0 Å². The van der Waals surface area contributed by atoms with E-state index in [1.807, 2.05) is 6.92 Å². The van der Waals surface area contributed by atoms with Crippen LogP contribution in [-0.4, -0.2) is 15.9 Å². The maximum absolute atomic E-state index is 14.3. The average molecular weight is 277 g/mol. The van der Waals surface area contributed by atoms with Crippen molar-refractivity contribution < 1.29 is 9.31 Å². The van der Waals surface area contributed by atoms with Crippen molar-refractivity contribution in [2.75, 3.05) is 0 Å². The average Bonchev–Trinajstić information content (AvgIpc) is 2.41. The number of hydrogen-bond donors (Lipinski definition) is 1. The Balaban J connectivity index is 2.82. The standard InChI is InChI=1S/C14H16FN3O2/c1-3-9(8(2)16)13-11(15)7-12(18(19)20)10-5-4-6-17-14(10)13/h4-9H,3,16H2,1-2H3. The number of halogens is 1. The Morgan fingerprint density at radius 1 is 1.55 bits per heavy atom. The summed E-state index contributed by atoms with van der Waals surface area (Å²) in [4.78, 5) is 14.6. The van der Waals surface area contributed by atoms with Crippen LogP contribution < -0.4 is 5.73 Å². The lowest BCUT2D eigenvalue weighted by molar-refractivity contribution is -0.383. The van der Waals surface area contributed by atoms with Crippen LogP contribution in [0.4, 0.5) is 10.1 Å². The summed E-state index contributed by atoms with van der Waals surface area (Å²) in [5.74, 6) is -0.847. The lowest BCUT2D eigenvalue weighted by Gasteiger charge is -2.21. The van der Waals surface area contributed by atoms with Gasteiger partial charge >= 0.3 is 0 Å². The molecule has 0 saturated carbocycles. The number of nitrogens with zero attached hydrogens (tertiary/aromatic N) is 2. The van der Waals surface area contributed by atoms with Crippen molar-refractivity contribution >= 4 is 16.6 Å². The second-order valence-electron chi connectivity index (χ2n) is 4.82. The van der Waals surface area contributed by atoms with Gasteiger partial charge in [0.1, 0.15) is 5.82 Å². The van der Waals surface area contributed by atoms with Crippen LogP contribution in [0.1, 0.15) is 31.7 Å². The van der Waals surface area contributed by atoms with Gasteiger partial charge in [-0.25, -0.2) is 4.39 Å². The minimum Gasteiger partial charge on any atom is -0.327 e. The number of rotatable bonds is 4. The van der Waals surface area contributed by atoms with E-state index in [1.54, 1.807) is 19.1 Å². The van der Waals surface area contributed by atoms with Crippen LogP contribution >= 0.6 is 0 Å². The highest BCUT2D eigenvalue weighted by Gasteiger charge is 2.26. The van der Waals surface area contributed by atoms with Crippen molar-refractivity contribution in [3.63, 3.8) is 0 Å². The SMILES string of the molecule is CCC(c1c(F)cc([N+](=O)[O-])c2cccnc12)C(C)N. The molecule has 0 aliphatic rings. The highest BCUT2D eigenvalue weighted by molar-refractivity contribution is 5.90. The number of nitrogens with two attached hydrogens (primary N) is 1. The molecule has 2 rings (SSSR count). The molecule has 0 fully saturated rings. The van der Waals surface area contributed by atoms with Gasteiger partial charge < -0.3 is 5.73 Å². The van der Waals surface area contributed by atoms with Gasteiger partial charge in [-0.3, -0.25) is 15.1 Å². The van der Waals surface area contributed by atoms with E-state index >= 15 is 0 Å². The quantitative estimate of drug-likeness (QED) is 0.687. The van der Waals surface area contributed by atoms with Crippen LogP contribution in [0.25, 0.3) is 10.9 Å². The van der Waals surface area contributed by atoms with Crippen molar-refractivity contribution in [1.29, 1.82) is 0 Å². The second-order valence-corrected chi connectivity index (χ2v) is 4.82. The number of nitro benzene ring substituents is 1. The third kappa shape index (κ3) is 2.34. The van der Waals surface area contributed by atoms with Crippen molar-refractivity contribution in [2.45, 2.75) is 32.2 Å². The molecule has 6 heteroatoms. The maximum Gasteiger partial charge on any atom is 0.281 e. The van der Waals surface area contributed by atoms with E-state index in [1.165, 1.54) is 6.20 Å². The van der Waals surface area contributed by atoms with E-state index in [9.17, 15) is 14.5 Å². The Hall–Kier alpha value is -2.08. The molecular formula is C14H16FN3O2. The molecule has 1 heterocycles. The first-order valence-corrected chi connectivity index (χ1v) is 6.44. The van der Waals surface area contributed by atoms with Gasteiger partial charge in [0, 0.05) is 23.7 Å². The van der Waals surface area contributed by atoms with Gasteiger partial charge in [-0.05, 0) is 25.5 Å². The van der Waals surface area contributed by atoms with E-state index in [4.69, 9.17) is 5.73 Å². The predicted molar refractivity (Wildman–Crippen MR) is 75.0 cm³/mol. The van der Waals surface area contributed by atoms with Gasteiger partial charge in [-0.15, -0.1) is 0 Å². The number of hydrogen-bond acceptors (Lipinski definition) is 4. The van der Waals surface area contributed by atoms with Gasteiger partial charge in [-0.2, -0.15) is 0 Å². The van der Waals surface area contributed by atoms with Crippen molar-refractivity contribution in [3.05, 3.63) is 45.9 Å². The van der Waals surface area contributed by atoms with Crippen LogP contribution in [0, 0.1) is 15.9 Å². The smallest absolute Gasteiger partial charge is 0.281 e. The third-order valence-electron chi connectivity index (χ3n) is 3.50. The van der Waals surface area contributed by atoms with E-state index in [0.29, 0.717) is 22.9 Å². The summed E-state index contributed by atoms with van der Waals surface area (Å²) in [6.45, 7) is 3.70. The number of benzene rings is 1. The molecule has 0 bridgehead atoms. The molecule has 2 N–H and O–H groups in total. The monoisotopic (exact) mass is 277 g/mol. The topological polar surface area (TPSA) is 82.0 Å². The maximum atomic E-state index is 14.3. The van der Waals surface area contributed by atoms with Crippen LogP contribution in [0.15, 0.2) is 24.4 Å². The summed E-state index contributed by atoms with van der Waals surface area (Å²) in [5.41, 5.74) is 6.33. The molecule has 0 aliphatic heterocycles. The summed E-state index contributed by atoms with van der Waals surface area (Å²) >= 11 is 0. The molecule has 1 aromatic carbocycles. The number of pyridine rings is 1. The molecule has 20 heavy (non-hydrogen) atoms. The number of fused-ring (bicyclic) bond motifs is 1. The summed E-state index contributed by atoms with van der Waals surface area (Å²) < 4.78 is 14.3. The van der Waals surface area contributed by atoms with Gasteiger partial charge in [0.05, 0.1) is 21.9 Å². The fraction of sp³-hybridized carbons (Fsp3) is 0.357. The zero-order chi connectivity index (χ0) is 14.9. The van der Waals surface area contributed by atoms with Gasteiger partial charge in [0.15, 0.2) is 0 Å². The molecule has 0 amide bonds. The summed E-state index contributed by atoms with van der Waals surface area (Å²) in [7, 11) is 0. The molecule has 5 nitrogen and oxygen atoms in total. The summed E-state index contributed by atoms with van der Waals surface area (Å²) in [6, 6.07) is 3.88. The van der Waals surface area contributed by atoms with Crippen LogP contribution in [0.2, 0.25) is 0 Å². The minimum absolute atomic E-state index is 0.229. The molecule has 0 saturated heterocycles. The fourth-order valence-corrected chi connectivity index (χ4v) is 2.56. The highest BCUT2D eigenvalue weighted by atomic mass is 19.1. The lowest BCUT2D eigenvalue weighted by atomic mass is 9.88. The number of nitro groups is 1. The predicted octanol–water partition coefficient (Wildman–Crippen LogP) is 3.12. The zero-order valence-electron chi connectivity index (χ0n) is 11.3. The second kappa shape index (κ2) is 5.50. The fourth-order valence-electron chi connectivity index (χ4n) is 2.56. The Kier molecular flexibility index (Phi) is 3.94. The molecule has 106 valence electrons. The minimum atomic E-state index is -0.618. The molecule has 0 spiro atoms. The normalized spacial score (nSPS) is 14.2. The van der Waals surface area contributed by atoms with Crippen LogP contribution in [-0.2, 0) is 0 Å². The molecule has 0 radical (unpaired) electrons. The largest absolute Gasteiger partial charge is 0.327 e. The first-order chi connectivity index (χ1) is 9.47. The molecule has 2 aromatic rings. The Morgan fingerprint density at radius 3 is 2.80 bits per heavy atom. The molecule has 1 aromatic heterocycles. The summed E-state index contributed by atoms with van der Waals surface area (Å²) in [6.07, 6.45) is 2.14. The third-order valence-corrected chi connectivity index (χ3v) is 3.50. The van der Waals surface area contributed by atoms with E-state index in [-0.39, 0.29) is 17.6 Å². The first-order valence-electron chi connectivity index (χ1n) is 6.44. The van der Waals surface area contributed by atoms with E-state index < -0.39 is 10.7 Å². The van der Waals surface area contributed by atoms with E-state index in [2.05, 4.69) is 4.98 Å². The molecule has 0 aliphatic carbocycles. The van der Waals surface area contributed by atoms with E-state index in [0.717, 1.165) is 6.07 Å². The Labute approximate surface area is 115 Å². The molecular weight excluding hydrogens is 261 g/mol.